The first-order valence-corrected chi connectivity index (χ1v) is 12.2. The van der Waals surface area contributed by atoms with Crippen molar-refractivity contribution in [2.75, 3.05) is 13.2 Å². The molecule has 186 valence electrons. The first kappa shape index (κ1) is 23.7. The molecule has 3 heterocycles. The number of aliphatic hydroxyl groups excluding tert-OH is 1. The van der Waals surface area contributed by atoms with Gasteiger partial charge < -0.3 is 24.0 Å². The van der Waals surface area contributed by atoms with Gasteiger partial charge in [-0.2, -0.15) is 0 Å². The first-order valence-electron chi connectivity index (χ1n) is 12.2. The second-order valence-electron chi connectivity index (χ2n) is 9.11. The topological polar surface area (TPSA) is 93.9 Å². The molecule has 1 saturated heterocycles. The van der Waals surface area contributed by atoms with Gasteiger partial charge >= 0.3 is 0 Å². The van der Waals surface area contributed by atoms with Gasteiger partial charge in [0.1, 0.15) is 23.4 Å². The van der Waals surface area contributed by atoms with E-state index in [0.29, 0.717) is 43.0 Å². The summed E-state index contributed by atoms with van der Waals surface area (Å²) < 4.78 is 13.4. The molecule has 0 saturated carbocycles. The predicted molar refractivity (Wildman–Crippen MR) is 134 cm³/mol. The number of carbonyl (C=O) groups excluding carboxylic acids is 2. The third-order valence-corrected chi connectivity index (χ3v) is 6.57. The smallest absolute Gasteiger partial charge is 0.295 e. The average Bonchev–Trinajstić information content (AvgIpc) is 3.58. The number of nitrogens with zero attached hydrogens (tertiary/aromatic N) is 3. The van der Waals surface area contributed by atoms with Crippen molar-refractivity contribution in [1.29, 1.82) is 0 Å². The minimum Gasteiger partial charge on any atom is -0.507 e. The van der Waals surface area contributed by atoms with Crippen LogP contribution in [0.25, 0.3) is 5.76 Å². The number of ether oxygens (including phenoxy) is 2. The van der Waals surface area contributed by atoms with E-state index in [2.05, 4.69) is 4.98 Å². The van der Waals surface area contributed by atoms with Crippen LogP contribution in [0.2, 0.25) is 0 Å². The zero-order valence-electron chi connectivity index (χ0n) is 20.4. The van der Waals surface area contributed by atoms with E-state index in [9.17, 15) is 14.7 Å². The molecule has 0 spiro atoms. The summed E-state index contributed by atoms with van der Waals surface area (Å²) in [5, 5.41) is 11.4. The van der Waals surface area contributed by atoms with Crippen LogP contribution in [0.1, 0.15) is 43.0 Å². The average molecular weight is 488 g/mol. The molecule has 0 aliphatic carbocycles. The molecule has 1 aromatic heterocycles. The summed E-state index contributed by atoms with van der Waals surface area (Å²) in [6.07, 6.45) is 6.68. The second kappa shape index (κ2) is 9.89. The number of likely N-dealkylation sites (tertiary alicyclic amines) is 1. The van der Waals surface area contributed by atoms with Crippen molar-refractivity contribution in [2.24, 2.45) is 0 Å². The second-order valence-corrected chi connectivity index (χ2v) is 9.11. The molecule has 8 nitrogen and oxygen atoms in total. The van der Waals surface area contributed by atoms with Gasteiger partial charge in [-0.15, -0.1) is 0 Å². The summed E-state index contributed by atoms with van der Waals surface area (Å²) in [7, 11) is 0. The molecule has 0 radical (unpaired) electrons. The Balaban J connectivity index is 1.54. The van der Waals surface area contributed by atoms with Gasteiger partial charge in [0.25, 0.3) is 11.7 Å². The number of amides is 1. The van der Waals surface area contributed by atoms with E-state index in [1.54, 1.807) is 29.6 Å². The van der Waals surface area contributed by atoms with Crippen LogP contribution in [0.3, 0.4) is 0 Å². The van der Waals surface area contributed by atoms with Crippen LogP contribution in [0.4, 0.5) is 0 Å². The summed E-state index contributed by atoms with van der Waals surface area (Å²) in [4.78, 5) is 32.2. The number of fused-ring (bicyclic) bond motifs is 1. The number of carbonyl (C=O) groups is 2. The van der Waals surface area contributed by atoms with Gasteiger partial charge in [-0.3, -0.25) is 9.59 Å². The molecular formula is C28H29N3O5. The van der Waals surface area contributed by atoms with Crippen LogP contribution >= 0.6 is 0 Å². The molecule has 2 atom stereocenters. The molecule has 36 heavy (non-hydrogen) atoms. The van der Waals surface area contributed by atoms with E-state index in [1.807, 2.05) is 54.9 Å². The zero-order valence-corrected chi connectivity index (χ0v) is 20.4. The van der Waals surface area contributed by atoms with Gasteiger partial charge in [0.2, 0.25) is 0 Å². The van der Waals surface area contributed by atoms with Crippen molar-refractivity contribution in [2.45, 2.75) is 45.4 Å². The highest BCUT2D eigenvalue weighted by molar-refractivity contribution is 6.46. The van der Waals surface area contributed by atoms with Gasteiger partial charge in [-0.1, -0.05) is 12.1 Å². The molecule has 3 aromatic rings. The molecule has 5 rings (SSSR count). The molecule has 2 aliphatic rings. The molecule has 2 aromatic carbocycles. The Labute approximate surface area is 209 Å². The largest absolute Gasteiger partial charge is 0.507 e. The molecule has 0 bridgehead atoms. The highest BCUT2D eigenvalue weighted by Gasteiger charge is 2.46. The van der Waals surface area contributed by atoms with E-state index in [1.165, 1.54) is 0 Å². The van der Waals surface area contributed by atoms with Crippen LogP contribution in [-0.2, 0) is 22.6 Å². The molecular weight excluding hydrogens is 458 g/mol. The van der Waals surface area contributed by atoms with Crippen molar-refractivity contribution in [1.82, 2.24) is 14.5 Å². The number of aromatic nitrogens is 2. The van der Waals surface area contributed by atoms with E-state index in [-0.39, 0.29) is 17.4 Å². The third-order valence-electron chi connectivity index (χ3n) is 6.57. The van der Waals surface area contributed by atoms with Gasteiger partial charge in [-0.05, 0) is 61.7 Å². The van der Waals surface area contributed by atoms with Crippen LogP contribution in [0, 0.1) is 0 Å². The lowest BCUT2D eigenvalue weighted by Crippen LogP contribution is -2.31. The van der Waals surface area contributed by atoms with Gasteiger partial charge in [0.15, 0.2) is 0 Å². The zero-order chi connectivity index (χ0) is 25.2. The number of benzene rings is 2. The maximum atomic E-state index is 13.3. The molecule has 2 aliphatic heterocycles. The molecule has 0 unspecified atom stereocenters. The Morgan fingerprint density at radius 1 is 1.19 bits per heavy atom. The summed E-state index contributed by atoms with van der Waals surface area (Å²) in [6, 6.07) is 12.0. The van der Waals surface area contributed by atoms with Gasteiger partial charge in [0, 0.05) is 37.5 Å². The summed E-state index contributed by atoms with van der Waals surface area (Å²) in [6.45, 7) is 5.37. The highest BCUT2D eigenvalue weighted by atomic mass is 16.5. The van der Waals surface area contributed by atoms with E-state index in [4.69, 9.17) is 9.47 Å². The van der Waals surface area contributed by atoms with Gasteiger partial charge in [-0.25, -0.2) is 4.98 Å². The lowest BCUT2D eigenvalue weighted by molar-refractivity contribution is -0.139. The van der Waals surface area contributed by atoms with Crippen molar-refractivity contribution in [3.63, 3.8) is 0 Å². The maximum Gasteiger partial charge on any atom is 0.295 e. The Hall–Kier alpha value is -4.07. The normalized spacial score (nSPS) is 20.4. The van der Waals surface area contributed by atoms with Crippen LogP contribution in [0.15, 0.2) is 66.8 Å². The molecule has 1 fully saturated rings. The minimum absolute atomic E-state index is 0.0554. The lowest BCUT2D eigenvalue weighted by atomic mass is 9.94. The van der Waals surface area contributed by atoms with E-state index >= 15 is 0 Å². The number of Topliss-reactive ketones (excluding diaryl/α,β-unsaturated/α-hetero) is 1. The quantitative estimate of drug-likeness (QED) is 0.292. The van der Waals surface area contributed by atoms with Crippen LogP contribution in [0.5, 0.6) is 11.5 Å². The number of aryl methyl sites for hydroxylation is 1. The molecule has 1 N–H and O–H groups in total. The number of aliphatic hydroxyl groups is 1. The number of rotatable bonds is 8. The summed E-state index contributed by atoms with van der Waals surface area (Å²) in [5.41, 5.74) is 2.26. The van der Waals surface area contributed by atoms with Crippen molar-refractivity contribution < 1.29 is 24.2 Å². The Bertz CT molecular complexity index is 1310. The molecule has 8 heteroatoms. The van der Waals surface area contributed by atoms with Crippen LogP contribution in [-0.4, -0.2) is 50.5 Å². The SMILES string of the molecule is CCOc1cccc([C@H]2C(=C(O)c3ccc4c(c3)C[C@H](C)O4)C(=O)C(=O)N2CCCn2ccnc2)c1. The summed E-state index contributed by atoms with van der Waals surface area (Å²) in [5.74, 6) is -0.0681. The fraction of sp³-hybridized carbons (Fsp3) is 0.321. The van der Waals surface area contributed by atoms with Crippen molar-refractivity contribution in [3.05, 3.63) is 83.4 Å². The number of ketones is 1. The van der Waals surface area contributed by atoms with Gasteiger partial charge in [0.05, 0.1) is 24.5 Å². The lowest BCUT2D eigenvalue weighted by Gasteiger charge is -2.26. The summed E-state index contributed by atoms with van der Waals surface area (Å²) >= 11 is 0. The fourth-order valence-corrected chi connectivity index (χ4v) is 4.97. The Morgan fingerprint density at radius 3 is 2.83 bits per heavy atom. The Kier molecular flexibility index (Phi) is 6.50. The predicted octanol–water partition coefficient (Wildman–Crippen LogP) is 4.12. The monoisotopic (exact) mass is 487 g/mol. The number of hydrogen-bond acceptors (Lipinski definition) is 6. The van der Waals surface area contributed by atoms with E-state index < -0.39 is 17.7 Å². The fourth-order valence-electron chi connectivity index (χ4n) is 4.97. The third kappa shape index (κ3) is 4.46. The van der Waals surface area contributed by atoms with E-state index in [0.717, 1.165) is 17.7 Å². The Morgan fingerprint density at radius 2 is 2.06 bits per heavy atom. The number of imidazole rings is 1. The minimum atomic E-state index is -0.725. The standard InChI is InChI=1S/C28H29N3O5/c1-3-35-22-7-4-6-19(16-22)25-24(26(32)20-8-9-23-21(15-20)14-18(2)36-23)27(33)28(34)31(25)12-5-11-30-13-10-29-17-30/h4,6-10,13,15-18,25,32H,3,5,11-12,14H2,1-2H3/t18-,25-/m0/s1. The maximum absolute atomic E-state index is 13.3. The van der Waals surface area contributed by atoms with Crippen molar-refractivity contribution in [3.8, 4) is 11.5 Å². The van der Waals surface area contributed by atoms with Crippen molar-refractivity contribution >= 4 is 17.4 Å². The van der Waals surface area contributed by atoms with Crippen LogP contribution < -0.4 is 9.47 Å². The number of hydrogen-bond donors (Lipinski definition) is 1. The first-order chi connectivity index (χ1) is 17.5. The molecule has 1 amide bonds. The highest BCUT2D eigenvalue weighted by Crippen LogP contribution is 2.41.